The van der Waals surface area contributed by atoms with Gasteiger partial charge < -0.3 is 14.6 Å². The van der Waals surface area contributed by atoms with E-state index in [1.807, 2.05) is 6.92 Å². The Labute approximate surface area is 134 Å². The van der Waals surface area contributed by atoms with E-state index in [9.17, 15) is 9.18 Å². The molecule has 0 saturated carbocycles. The number of rotatable bonds is 8. The van der Waals surface area contributed by atoms with Gasteiger partial charge in [-0.1, -0.05) is 5.16 Å². The number of ether oxygens (including phenoxy) is 1. The lowest BCUT2D eigenvalue weighted by atomic mass is 10.2. The third kappa shape index (κ3) is 5.45. The highest BCUT2D eigenvalue weighted by atomic mass is 19.1. The van der Waals surface area contributed by atoms with Gasteiger partial charge in [-0.05, 0) is 37.6 Å². The van der Waals surface area contributed by atoms with Gasteiger partial charge in [0.1, 0.15) is 5.82 Å². The zero-order chi connectivity index (χ0) is 16.7. The number of halogens is 1. The zero-order valence-electron chi connectivity index (χ0n) is 13.2. The Kier molecular flexibility index (Phi) is 6.22. The van der Waals surface area contributed by atoms with E-state index in [1.165, 1.54) is 12.1 Å². The Morgan fingerprint density at radius 1 is 1.39 bits per heavy atom. The van der Waals surface area contributed by atoms with E-state index in [1.54, 1.807) is 19.2 Å². The normalized spacial score (nSPS) is 12.1. The maximum absolute atomic E-state index is 12.9. The number of amides is 1. The number of hydrogen-bond acceptors (Lipinski definition) is 5. The summed E-state index contributed by atoms with van der Waals surface area (Å²) in [7, 11) is 1.59. The summed E-state index contributed by atoms with van der Waals surface area (Å²) in [5.74, 6) is 0.527. The van der Waals surface area contributed by atoms with Crippen molar-refractivity contribution < 1.29 is 18.4 Å². The van der Waals surface area contributed by atoms with Crippen LogP contribution in [-0.4, -0.2) is 35.8 Å². The molecule has 1 amide bonds. The van der Waals surface area contributed by atoms with Crippen molar-refractivity contribution in [3.8, 4) is 11.4 Å². The molecule has 6 nitrogen and oxygen atoms in total. The van der Waals surface area contributed by atoms with E-state index in [4.69, 9.17) is 9.26 Å². The molecule has 2 aromatic rings. The van der Waals surface area contributed by atoms with E-state index in [-0.39, 0.29) is 17.8 Å². The summed E-state index contributed by atoms with van der Waals surface area (Å²) in [6.45, 7) is 2.37. The first-order chi connectivity index (χ1) is 11.1. The van der Waals surface area contributed by atoms with Gasteiger partial charge in [-0.25, -0.2) is 4.39 Å². The molecule has 124 valence electrons. The van der Waals surface area contributed by atoms with Crippen LogP contribution < -0.4 is 5.32 Å². The van der Waals surface area contributed by atoms with Crippen LogP contribution >= 0.6 is 0 Å². The molecule has 0 radical (unpaired) electrons. The van der Waals surface area contributed by atoms with Gasteiger partial charge in [0.05, 0.1) is 6.61 Å². The number of carbonyl (C=O) groups is 1. The molecular weight excluding hydrogens is 301 g/mol. The number of nitrogens with zero attached hydrogens (tertiary/aromatic N) is 2. The molecule has 0 fully saturated rings. The van der Waals surface area contributed by atoms with Gasteiger partial charge in [0, 0.05) is 31.6 Å². The summed E-state index contributed by atoms with van der Waals surface area (Å²) in [5, 5.41) is 6.70. The number of aryl methyl sites for hydroxylation is 1. The lowest BCUT2D eigenvalue weighted by Crippen LogP contribution is -2.35. The molecule has 7 heteroatoms. The molecule has 1 aromatic carbocycles. The summed E-state index contributed by atoms with van der Waals surface area (Å²) in [4.78, 5) is 16.0. The fraction of sp³-hybridized carbons (Fsp3) is 0.438. The van der Waals surface area contributed by atoms with Crippen LogP contribution in [0.2, 0.25) is 0 Å². The summed E-state index contributed by atoms with van der Waals surface area (Å²) in [5.41, 5.74) is 0.688. The molecule has 23 heavy (non-hydrogen) atoms. The number of carbonyl (C=O) groups excluding carboxylic acids is 1. The second kappa shape index (κ2) is 8.38. The number of benzene rings is 1. The van der Waals surface area contributed by atoms with Crippen molar-refractivity contribution in [3.05, 3.63) is 36.0 Å². The van der Waals surface area contributed by atoms with Crippen molar-refractivity contribution in [2.45, 2.75) is 32.2 Å². The standard InChI is InChI=1S/C16H20FN3O3/c1-11(10-22-2)18-14(21)4-3-5-15-19-16(20-23-15)12-6-8-13(17)9-7-12/h6-9,11H,3-5,10H2,1-2H3,(H,18,21). The van der Waals surface area contributed by atoms with Crippen LogP contribution in [0.3, 0.4) is 0 Å². The third-order valence-corrected chi connectivity index (χ3v) is 3.19. The van der Waals surface area contributed by atoms with Gasteiger partial charge in [-0.15, -0.1) is 0 Å². The molecule has 0 saturated heterocycles. The minimum absolute atomic E-state index is 0.0130. The SMILES string of the molecule is COCC(C)NC(=O)CCCc1nc(-c2ccc(F)cc2)no1. The van der Waals surface area contributed by atoms with Gasteiger partial charge in [0.25, 0.3) is 0 Å². The molecule has 0 aliphatic rings. The topological polar surface area (TPSA) is 77.2 Å². The van der Waals surface area contributed by atoms with Crippen LogP contribution in [0.1, 0.15) is 25.7 Å². The lowest BCUT2D eigenvalue weighted by molar-refractivity contribution is -0.122. The average Bonchev–Trinajstić information content (AvgIpc) is 2.97. The highest BCUT2D eigenvalue weighted by Crippen LogP contribution is 2.16. The van der Waals surface area contributed by atoms with Gasteiger partial charge >= 0.3 is 0 Å². The van der Waals surface area contributed by atoms with E-state index in [0.29, 0.717) is 43.1 Å². The molecule has 0 aliphatic heterocycles. The van der Waals surface area contributed by atoms with Gasteiger partial charge in [-0.2, -0.15) is 4.98 Å². The van der Waals surface area contributed by atoms with E-state index in [2.05, 4.69) is 15.5 Å². The summed E-state index contributed by atoms with van der Waals surface area (Å²) < 4.78 is 23.0. The molecule has 1 aromatic heterocycles. The first-order valence-electron chi connectivity index (χ1n) is 7.45. The minimum atomic E-state index is -0.314. The maximum atomic E-state index is 12.9. The number of aromatic nitrogens is 2. The highest BCUT2D eigenvalue weighted by molar-refractivity contribution is 5.76. The van der Waals surface area contributed by atoms with Crippen LogP contribution in [-0.2, 0) is 16.0 Å². The predicted octanol–water partition coefficient (Wildman–Crippen LogP) is 2.35. The van der Waals surface area contributed by atoms with E-state index in [0.717, 1.165) is 0 Å². The van der Waals surface area contributed by atoms with Gasteiger partial charge in [0.2, 0.25) is 17.6 Å². The van der Waals surface area contributed by atoms with Crippen LogP contribution in [0.25, 0.3) is 11.4 Å². The molecule has 1 unspecified atom stereocenters. The first-order valence-corrected chi connectivity index (χ1v) is 7.45. The van der Waals surface area contributed by atoms with Crippen molar-refractivity contribution in [2.24, 2.45) is 0 Å². The summed E-state index contributed by atoms with van der Waals surface area (Å²) in [6, 6.07) is 5.86. The first kappa shape index (κ1) is 17.1. The predicted molar refractivity (Wildman–Crippen MR) is 82.1 cm³/mol. The van der Waals surface area contributed by atoms with Crippen molar-refractivity contribution in [3.63, 3.8) is 0 Å². The fourth-order valence-corrected chi connectivity index (χ4v) is 2.11. The zero-order valence-corrected chi connectivity index (χ0v) is 13.2. The van der Waals surface area contributed by atoms with Crippen LogP contribution in [0.4, 0.5) is 4.39 Å². The summed E-state index contributed by atoms with van der Waals surface area (Å²) in [6.07, 6.45) is 1.50. The summed E-state index contributed by atoms with van der Waals surface area (Å²) >= 11 is 0. The Morgan fingerprint density at radius 2 is 2.13 bits per heavy atom. The molecule has 1 N–H and O–H groups in total. The van der Waals surface area contributed by atoms with Crippen molar-refractivity contribution >= 4 is 5.91 Å². The van der Waals surface area contributed by atoms with Gasteiger partial charge in [0.15, 0.2) is 0 Å². The average molecular weight is 321 g/mol. The van der Waals surface area contributed by atoms with Crippen molar-refractivity contribution in [1.82, 2.24) is 15.5 Å². The lowest BCUT2D eigenvalue weighted by Gasteiger charge is -2.12. The second-order valence-electron chi connectivity index (χ2n) is 5.30. The Morgan fingerprint density at radius 3 is 2.83 bits per heavy atom. The van der Waals surface area contributed by atoms with Gasteiger partial charge in [-0.3, -0.25) is 4.79 Å². The largest absolute Gasteiger partial charge is 0.383 e. The van der Waals surface area contributed by atoms with Crippen LogP contribution in [0, 0.1) is 5.82 Å². The smallest absolute Gasteiger partial charge is 0.226 e. The molecule has 1 heterocycles. The van der Waals surface area contributed by atoms with Crippen LogP contribution in [0.5, 0.6) is 0 Å². The molecular formula is C16H20FN3O3. The molecule has 0 spiro atoms. The van der Waals surface area contributed by atoms with Crippen LogP contribution in [0.15, 0.2) is 28.8 Å². The maximum Gasteiger partial charge on any atom is 0.226 e. The Bertz CT molecular complexity index is 628. The molecule has 0 aliphatic carbocycles. The number of nitrogens with one attached hydrogen (secondary N) is 1. The fourth-order valence-electron chi connectivity index (χ4n) is 2.11. The van der Waals surface area contributed by atoms with E-state index < -0.39 is 0 Å². The Hall–Kier alpha value is -2.28. The molecule has 0 bridgehead atoms. The minimum Gasteiger partial charge on any atom is -0.383 e. The highest BCUT2D eigenvalue weighted by Gasteiger charge is 2.11. The van der Waals surface area contributed by atoms with Crippen molar-refractivity contribution in [2.75, 3.05) is 13.7 Å². The Balaban J connectivity index is 1.79. The third-order valence-electron chi connectivity index (χ3n) is 3.19. The molecule has 2 rings (SSSR count). The quantitative estimate of drug-likeness (QED) is 0.807. The monoisotopic (exact) mass is 321 g/mol. The van der Waals surface area contributed by atoms with Crippen molar-refractivity contribution in [1.29, 1.82) is 0 Å². The number of hydrogen-bond donors (Lipinski definition) is 1. The van der Waals surface area contributed by atoms with E-state index >= 15 is 0 Å². The molecule has 1 atom stereocenters. The number of methoxy groups -OCH3 is 1. The second-order valence-corrected chi connectivity index (χ2v) is 5.30.